The third-order valence-electron chi connectivity index (χ3n) is 4.31. The van der Waals surface area contributed by atoms with Crippen LogP contribution in [-0.4, -0.2) is 34.8 Å². The monoisotopic (exact) mass is 266 g/mol. The van der Waals surface area contributed by atoms with Gasteiger partial charge in [-0.2, -0.15) is 0 Å². The molecule has 0 aromatic carbocycles. The van der Waals surface area contributed by atoms with E-state index in [9.17, 15) is 9.59 Å². The average molecular weight is 266 g/mol. The zero-order valence-electron chi connectivity index (χ0n) is 12.5. The summed E-state index contributed by atoms with van der Waals surface area (Å²) in [6, 6.07) is -0.397. The highest BCUT2D eigenvalue weighted by Gasteiger charge is 2.47. The van der Waals surface area contributed by atoms with Gasteiger partial charge in [-0.1, -0.05) is 20.8 Å². The SMILES string of the molecule is CCC(C)N1C(=O)C(C2CC2)NC(=O)C1CC(C)C. The van der Waals surface area contributed by atoms with E-state index in [0.717, 1.165) is 25.7 Å². The second kappa shape index (κ2) is 5.51. The summed E-state index contributed by atoms with van der Waals surface area (Å²) in [5, 5.41) is 2.96. The lowest BCUT2D eigenvalue weighted by Gasteiger charge is -2.43. The molecule has 1 heterocycles. The van der Waals surface area contributed by atoms with Crippen molar-refractivity contribution in [2.75, 3.05) is 0 Å². The summed E-state index contributed by atoms with van der Waals surface area (Å²) in [5.41, 5.74) is 0. The number of hydrogen-bond acceptors (Lipinski definition) is 2. The van der Waals surface area contributed by atoms with Crippen molar-refractivity contribution in [1.29, 1.82) is 0 Å². The minimum absolute atomic E-state index is 0.0468. The molecule has 1 N–H and O–H groups in total. The average Bonchev–Trinajstić information content (AvgIpc) is 3.16. The van der Waals surface area contributed by atoms with Gasteiger partial charge >= 0.3 is 0 Å². The Kier molecular flexibility index (Phi) is 4.16. The standard InChI is InChI=1S/C15H26N2O2/c1-5-10(4)17-12(8-9(2)3)14(18)16-13(15(17)19)11-6-7-11/h9-13H,5-8H2,1-4H3,(H,16,18). The molecule has 1 saturated heterocycles. The smallest absolute Gasteiger partial charge is 0.246 e. The van der Waals surface area contributed by atoms with Gasteiger partial charge in [-0.3, -0.25) is 9.59 Å². The van der Waals surface area contributed by atoms with Crippen LogP contribution in [0.3, 0.4) is 0 Å². The Morgan fingerprint density at radius 2 is 1.89 bits per heavy atom. The lowest BCUT2D eigenvalue weighted by atomic mass is 9.94. The van der Waals surface area contributed by atoms with Crippen molar-refractivity contribution < 1.29 is 9.59 Å². The van der Waals surface area contributed by atoms with Crippen molar-refractivity contribution in [2.45, 2.75) is 71.5 Å². The second-order valence-electron chi connectivity index (χ2n) is 6.47. The Labute approximate surface area is 115 Å². The second-order valence-corrected chi connectivity index (χ2v) is 6.47. The van der Waals surface area contributed by atoms with E-state index in [1.165, 1.54) is 0 Å². The molecule has 108 valence electrons. The number of carbonyl (C=O) groups excluding carboxylic acids is 2. The molecule has 1 aliphatic heterocycles. The van der Waals surface area contributed by atoms with Gasteiger partial charge in [-0.05, 0) is 44.4 Å². The van der Waals surface area contributed by atoms with E-state index >= 15 is 0 Å². The van der Waals surface area contributed by atoms with Crippen LogP contribution in [-0.2, 0) is 9.59 Å². The Balaban J connectivity index is 2.21. The van der Waals surface area contributed by atoms with Crippen molar-refractivity contribution in [3.8, 4) is 0 Å². The molecule has 2 aliphatic rings. The number of piperazine rings is 1. The van der Waals surface area contributed by atoms with E-state index in [4.69, 9.17) is 0 Å². The highest BCUT2D eigenvalue weighted by molar-refractivity contribution is 5.97. The molecule has 2 amide bonds. The van der Waals surface area contributed by atoms with Crippen molar-refractivity contribution in [1.82, 2.24) is 10.2 Å². The van der Waals surface area contributed by atoms with E-state index < -0.39 is 0 Å². The summed E-state index contributed by atoms with van der Waals surface area (Å²) in [7, 11) is 0. The van der Waals surface area contributed by atoms with Crippen LogP contribution in [0.2, 0.25) is 0 Å². The predicted molar refractivity (Wildman–Crippen MR) is 74.5 cm³/mol. The first kappa shape index (κ1) is 14.4. The van der Waals surface area contributed by atoms with Crippen molar-refractivity contribution >= 4 is 11.8 Å². The van der Waals surface area contributed by atoms with Gasteiger partial charge in [0.25, 0.3) is 0 Å². The van der Waals surface area contributed by atoms with Gasteiger partial charge in [0.1, 0.15) is 12.1 Å². The van der Waals surface area contributed by atoms with Crippen LogP contribution >= 0.6 is 0 Å². The predicted octanol–water partition coefficient (Wildman–Crippen LogP) is 1.94. The number of amides is 2. The molecule has 0 aromatic heterocycles. The van der Waals surface area contributed by atoms with Crippen molar-refractivity contribution in [3.63, 3.8) is 0 Å². The molecular weight excluding hydrogens is 240 g/mol. The molecule has 3 unspecified atom stereocenters. The molecule has 0 radical (unpaired) electrons. The molecule has 0 spiro atoms. The maximum Gasteiger partial charge on any atom is 0.246 e. The highest BCUT2D eigenvalue weighted by atomic mass is 16.2. The molecule has 0 aromatic rings. The van der Waals surface area contributed by atoms with Gasteiger partial charge in [0, 0.05) is 6.04 Å². The summed E-state index contributed by atoms with van der Waals surface area (Å²) < 4.78 is 0. The minimum Gasteiger partial charge on any atom is -0.342 e. The summed E-state index contributed by atoms with van der Waals surface area (Å²) in [4.78, 5) is 26.9. The Morgan fingerprint density at radius 3 is 2.37 bits per heavy atom. The molecular formula is C15H26N2O2. The first-order chi connectivity index (χ1) is 8.95. The maximum atomic E-state index is 12.7. The van der Waals surface area contributed by atoms with Gasteiger partial charge in [0.2, 0.25) is 11.8 Å². The van der Waals surface area contributed by atoms with E-state index in [2.05, 4.69) is 26.1 Å². The van der Waals surface area contributed by atoms with Crippen molar-refractivity contribution in [3.05, 3.63) is 0 Å². The van der Waals surface area contributed by atoms with Crippen LogP contribution < -0.4 is 5.32 Å². The van der Waals surface area contributed by atoms with E-state index in [1.807, 2.05) is 11.8 Å². The van der Waals surface area contributed by atoms with E-state index in [0.29, 0.717) is 11.8 Å². The third-order valence-corrected chi connectivity index (χ3v) is 4.31. The van der Waals surface area contributed by atoms with Gasteiger partial charge < -0.3 is 10.2 Å². The maximum absolute atomic E-state index is 12.7. The number of rotatable bonds is 5. The number of nitrogens with one attached hydrogen (secondary N) is 1. The molecule has 1 saturated carbocycles. The lowest BCUT2D eigenvalue weighted by molar-refractivity contribution is -0.153. The largest absolute Gasteiger partial charge is 0.342 e. The van der Waals surface area contributed by atoms with Crippen LogP contribution in [0.4, 0.5) is 0 Å². The van der Waals surface area contributed by atoms with Crippen LogP contribution in [0, 0.1) is 11.8 Å². The highest BCUT2D eigenvalue weighted by Crippen LogP contribution is 2.36. The van der Waals surface area contributed by atoms with Crippen LogP contribution in [0.15, 0.2) is 0 Å². The fourth-order valence-electron chi connectivity index (χ4n) is 2.89. The van der Waals surface area contributed by atoms with E-state index in [-0.39, 0.29) is 29.9 Å². The third kappa shape index (κ3) is 2.93. The van der Waals surface area contributed by atoms with Crippen LogP contribution in [0.1, 0.15) is 53.4 Å². The van der Waals surface area contributed by atoms with E-state index in [1.54, 1.807) is 0 Å². The number of carbonyl (C=O) groups is 2. The molecule has 2 fully saturated rings. The molecule has 2 rings (SSSR count). The zero-order chi connectivity index (χ0) is 14.2. The quantitative estimate of drug-likeness (QED) is 0.826. The van der Waals surface area contributed by atoms with Crippen LogP contribution in [0.5, 0.6) is 0 Å². The topological polar surface area (TPSA) is 49.4 Å². The molecule has 1 aliphatic carbocycles. The zero-order valence-corrected chi connectivity index (χ0v) is 12.5. The minimum atomic E-state index is -0.280. The summed E-state index contributed by atoms with van der Waals surface area (Å²) in [5.74, 6) is 0.975. The molecule has 19 heavy (non-hydrogen) atoms. The van der Waals surface area contributed by atoms with Crippen LogP contribution in [0.25, 0.3) is 0 Å². The number of hydrogen-bond donors (Lipinski definition) is 1. The summed E-state index contributed by atoms with van der Waals surface area (Å²) in [6.07, 6.45) is 3.78. The molecule has 3 atom stereocenters. The Bertz CT molecular complexity index is 363. The Morgan fingerprint density at radius 1 is 1.26 bits per heavy atom. The first-order valence-electron chi connectivity index (χ1n) is 7.58. The molecule has 4 nitrogen and oxygen atoms in total. The molecule has 0 bridgehead atoms. The Hall–Kier alpha value is -1.06. The van der Waals surface area contributed by atoms with Gasteiger partial charge in [0.05, 0.1) is 0 Å². The van der Waals surface area contributed by atoms with Gasteiger partial charge in [-0.25, -0.2) is 0 Å². The molecule has 4 heteroatoms. The fraction of sp³-hybridized carbons (Fsp3) is 0.867. The number of nitrogens with zero attached hydrogens (tertiary/aromatic N) is 1. The fourth-order valence-corrected chi connectivity index (χ4v) is 2.89. The normalized spacial score (nSPS) is 29.6. The summed E-state index contributed by atoms with van der Waals surface area (Å²) >= 11 is 0. The van der Waals surface area contributed by atoms with Gasteiger partial charge in [-0.15, -0.1) is 0 Å². The first-order valence-corrected chi connectivity index (χ1v) is 7.58. The summed E-state index contributed by atoms with van der Waals surface area (Å²) in [6.45, 7) is 8.32. The lowest BCUT2D eigenvalue weighted by Crippen LogP contribution is -2.66. The van der Waals surface area contributed by atoms with Gasteiger partial charge in [0.15, 0.2) is 0 Å². The van der Waals surface area contributed by atoms with Crippen molar-refractivity contribution in [2.24, 2.45) is 11.8 Å².